The van der Waals surface area contributed by atoms with Crippen molar-refractivity contribution in [2.75, 3.05) is 26.0 Å². The molecule has 0 radical (unpaired) electrons. The van der Waals surface area contributed by atoms with Gasteiger partial charge in [0.15, 0.2) is 0 Å². The zero-order valence-electron chi connectivity index (χ0n) is 8.25. The van der Waals surface area contributed by atoms with Gasteiger partial charge < -0.3 is 10.2 Å². The van der Waals surface area contributed by atoms with Crippen molar-refractivity contribution < 1.29 is 9.18 Å². The Morgan fingerprint density at radius 1 is 1.50 bits per heavy atom. The Morgan fingerprint density at radius 2 is 2.21 bits per heavy atom. The lowest BCUT2D eigenvalue weighted by molar-refractivity contribution is -0.126. The van der Waals surface area contributed by atoms with Crippen LogP contribution in [0.4, 0.5) is 10.1 Å². The molecule has 1 N–H and O–H groups in total. The van der Waals surface area contributed by atoms with Gasteiger partial charge in [-0.1, -0.05) is 6.07 Å². The van der Waals surface area contributed by atoms with Crippen molar-refractivity contribution in [2.45, 2.75) is 0 Å². The van der Waals surface area contributed by atoms with Gasteiger partial charge >= 0.3 is 0 Å². The Labute approximate surface area is 82.5 Å². The summed E-state index contributed by atoms with van der Waals surface area (Å²) in [6.45, 7) is 0.177. The smallest absolute Gasteiger partial charge is 0.241 e. The van der Waals surface area contributed by atoms with E-state index in [1.807, 2.05) is 0 Å². The highest BCUT2D eigenvalue weighted by atomic mass is 19.1. The number of hydrogen-bond acceptors (Lipinski definition) is 2. The number of rotatable bonds is 3. The van der Waals surface area contributed by atoms with E-state index in [9.17, 15) is 9.18 Å². The molecule has 0 spiro atoms. The van der Waals surface area contributed by atoms with Crippen LogP contribution < -0.4 is 5.32 Å². The van der Waals surface area contributed by atoms with Crippen molar-refractivity contribution in [2.24, 2.45) is 0 Å². The van der Waals surface area contributed by atoms with Crippen LogP contribution in [0.2, 0.25) is 0 Å². The molecule has 76 valence electrons. The number of halogens is 1. The molecular formula is C10H13FN2O. The van der Waals surface area contributed by atoms with Crippen LogP contribution in [-0.4, -0.2) is 31.4 Å². The Morgan fingerprint density at radius 3 is 2.79 bits per heavy atom. The summed E-state index contributed by atoms with van der Waals surface area (Å²) in [5.74, 6) is -0.360. The van der Waals surface area contributed by atoms with Crippen LogP contribution in [0.25, 0.3) is 0 Å². The average molecular weight is 196 g/mol. The van der Waals surface area contributed by atoms with Crippen LogP contribution in [0.15, 0.2) is 24.3 Å². The van der Waals surface area contributed by atoms with E-state index in [-0.39, 0.29) is 18.3 Å². The van der Waals surface area contributed by atoms with Gasteiger partial charge in [0.05, 0.1) is 6.54 Å². The minimum atomic E-state index is -0.313. The first-order valence-corrected chi connectivity index (χ1v) is 4.29. The van der Waals surface area contributed by atoms with E-state index in [1.165, 1.54) is 17.0 Å². The number of carbonyl (C=O) groups excluding carboxylic acids is 1. The van der Waals surface area contributed by atoms with E-state index in [0.29, 0.717) is 5.69 Å². The van der Waals surface area contributed by atoms with Crippen molar-refractivity contribution in [1.82, 2.24) is 4.90 Å². The van der Waals surface area contributed by atoms with Gasteiger partial charge in [0.25, 0.3) is 0 Å². The average Bonchev–Trinajstić information content (AvgIpc) is 2.14. The van der Waals surface area contributed by atoms with Gasteiger partial charge in [-0.05, 0) is 18.2 Å². The van der Waals surface area contributed by atoms with Gasteiger partial charge in [0.2, 0.25) is 5.91 Å². The molecule has 1 amide bonds. The van der Waals surface area contributed by atoms with E-state index in [0.717, 1.165) is 0 Å². The van der Waals surface area contributed by atoms with Crippen LogP contribution in [0.5, 0.6) is 0 Å². The van der Waals surface area contributed by atoms with E-state index >= 15 is 0 Å². The number of anilines is 1. The molecule has 0 aliphatic heterocycles. The summed E-state index contributed by atoms with van der Waals surface area (Å²) >= 11 is 0. The van der Waals surface area contributed by atoms with Gasteiger partial charge in [-0.15, -0.1) is 0 Å². The molecule has 0 heterocycles. The van der Waals surface area contributed by atoms with Crippen LogP contribution >= 0.6 is 0 Å². The van der Waals surface area contributed by atoms with Crippen molar-refractivity contribution >= 4 is 11.6 Å². The molecule has 0 fully saturated rings. The first-order valence-electron chi connectivity index (χ1n) is 4.29. The Hall–Kier alpha value is -1.58. The topological polar surface area (TPSA) is 32.3 Å². The maximum atomic E-state index is 12.7. The Balaban J connectivity index is 2.50. The molecule has 1 aromatic carbocycles. The van der Waals surface area contributed by atoms with Gasteiger partial charge in [-0.2, -0.15) is 0 Å². The van der Waals surface area contributed by atoms with Crippen molar-refractivity contribution in [3.63, 3.8) is 0 Å². The summed E-state index contributed by atoms with van der Waals surface area (Å²) in [7, 11) is 3.35. The molecule has 4 heteroatoms. The van der Waals surface area contributed by atoms with Crippen LogP contribution in [0.3, 0.4) is 0 Å². The lowest BCUT2D eigenvalue weighted by atomic mass is 10.3. The standard InChI is InChI=1S/C10H13FN2O/c1-13(2)10(14)7-12-9-5-3-4-8(11)6-9/h3-6,12H,7H2,1-2H3. The predicted molar refractivity (Wildman–Crippen MR) is 53.6 cm³/mol. The maximum absolute atomic E-state index is 12.7. The van der Waals surface area contributed by atoms with Gasteiger partial charge in [0.1, 0.15) is 5.82 Å². The van der Waals surface area contributed by atoms with Crippen LogP contribution in [-0.2, 0) is 4.79 Å². The van der Waals surface area contributed by atoms with Crippen molar-refractivity contribution in [3.8, 4) is 0 Å². The number of carbonyl (C=O) groups is 1. The van der Waals surface area contributed by atoms with E-state index in [4.69, 9.17) is 0 Å². The number of nitrogens with one attached hydrogen (secondary N) is 1. The molecule has 0 aliphatic rings. The van der Waals surface area contributed by atoms with E-state index in [1.54, 1.807) is 26.2 Å². The largest absolute Gasteiger partial charge is 0.376 e. The summed E-state index contributed by atoms with van der Waals surface area (Å²) in [5, 5.41) is 2.84. The Kier molecular flexibility index (Phi) is 3.45. The fourth-order valence-corrected chi connectivity index (χ4v) is 0.934. The summed E-state index contributed by atoms with van der Waals surface area (Å²) < 4.78 is 12.7. The molecule has 3 nitrogen and oxygen atoms in total. The highest BCUT2D eigenvalue weighted by Crippen LogP contribution is 2.08. The SMILES string of the molecule is CN(C)C(=O)CNc1cccc(F)c1. The van der Waals surface area contributed by atoms with E-state index < -0.39 is 0 Å². The predicted octanol–water partition coefficient (Wildman–Crippen LogP) is 1.33. The zero-order valence-corrected chi connectivity index (χ0v) is 8.25. The lowest BCUT2D eigenvalue weighted by Gasteiger charge is -2.11. The van der Waals surface area contributed by atoms with Gasteiger partial charge in [-0.25, -0.2) is 4.39 Å². The maximum Gasteiger partial charge on any atom is 0.241 e. The monoisotopic (exact) mass is 196 g/mol. The third kappa shape index (κ3) is 3.05. The van der Waals surface area contributed by atoms with E-state index in [2.05, 4.69) is 5.32 Å². The molecule has 0 saturated carbocycles. The van der Waals surface area contributed by atoms with Crippen LogP contribution in [0, 0.1) is 5.82 Å². The zero-order chi connectivity index (χ0) is 10.6. The molecule has 0 atom stereocenters. The number of likely N-dealkylation sites (N-methyl/N-ethyl adjacent to an activating group) is 1. The summed E-state index contributed by atoms with van der Waals surface area (Å²) in [6, 6.07) is 6.02. The highest BCUT2D eigenvalue weighted by Gasteiger charge is 2.02. The summed E-state index contributed by atoms with van der Waals surface area (Å²) in [6.07, 6.45) is 0. The van der Waals surface area contributed by atoms with Crippen molar-refractivity contribution in [1.29, 1.82) is 0 Å². The number of amides is 1. The molecule has 0 saturated heterocycles. The quantitative estimate of drug-likeness (QED) is 0.790. The molecule has 0 unspecified atom stereocenters. The molecule has 14 heavy (non-hydrogen) atoms. The molecule has 1 rings (SSSR count). The third-order valence-corrected chi connectivity index (χ3v) is 1.77. The molecule has 1 aromatic rings. The summed E-state index contributed by atoms with van der Waals surface area (Å²) in [5.41, 5.74) is 0.611. The second-order valence-corrected chi connectivity index (χ2v) is 3.15. The summed E-state index contributed by atoms with van der Waals surface area (Å²) in [4.78, 5) is 12.6. The second kappa shape index (κ2) is 4.60. The number of hydrogen-bond donors (Lipinski definition) is 1. The van der Waals surface area contributed by atoms with Gasteiger partial charge in [-0.3, -0.25) is 4.79 Å². The minimum Gasteiger partial charge on any atom is -0.376 e. The fraction of sp³-hybridized carbons (Fsp3) is 0.300. The number of benzene rings is 1. The fourth-order valence-electron chi connectivity index (χ4n) is 0.934. The third-order valence-electron chi connectivity index (χ3n) is 1.77. The minimum absolute atomic E-state index is 0.0470. The normalized spacial score (nSPS) is 9.64. The first-order chi connectivity index (χ1) is 6.59. The highest BCUT2D eigenvalue weighted by molar-refractivity contribution is 5.80. The number of nitrogens with zero attached hydrogens (tertiary/aromatic N) is 1. The van der Waals surface area contributed by atoms with Gasteiger partial charge in [0, 0.05) is 19.8 Å². The lowest BCUT2D eigenvalue weighted by Crippen LogP contribution is -2.28. The molecular weight excluding hydrogens is 183 g/mol. The molecule has 0 aromatic heterocycles. The van der Waals surface area contributed by atoms with Crippen molar-refractivity contribution in [3.05, 3.63) is 30.1 Å². The first kappa shape index (κ1) is 10.5. The van der Waals surface area contributed by atoms with Crippen LogP contribution in [0.1, 0.15) is 0 Å². The second-order valence-electron chi connectivity index (χ2n) is 3.15. The molecule has 0 bridgehead atoms. The Bertz CT molecular complexity index is 326. The molecule has 0 aliphatic carbocycles.